The second-order valence-corrected chi connectivity index (χ2v) is 4.45. The average molecular weight is 214 g/mol. The Hall–Kier alpha value is -0.610. The number of carbonyl (C=O) groups is 1. The van der Waals surface area contributed by atoms with E-state index in [4.69, 9.17) is 10.8 Å². The zero-order chi connectivity index (χ0) is 11.3. The Balaban J connectivity index is 2.33. The summed E-state index contributed by atoms with van der Waals surface area (Å²) in [6.45, 7) is 3.59. The molecule has 0 aliphatic carbocycles. The van der Waals surface area contributed by atoms with E-state index in [2.05, 4.69) is 6.92 Å². The van der Waals surface area contributed by atoms with E-state index in [-0.39, 0.29) is 18.6 Å². The first-order valence-electron chi connectivity index (χ1n) is 5.79. The molecule has 1 amide bonds. The smallest absolute Gasteiger partial charge is 0.222 e. The van der Waals surface area contributed by atoms with E-state index in [0.29, 0.717) is 18.9 Å². The highest BCUT2D eigenvalue weighted by molar-refractivity contribution is 5.76. The largest absolute Gasteiger partial charge is 0.394 e. The van der Waals surface area contributed by atoms with Gasteiger partial charge in [0.05, 0.1) is 12.6 Å². The number of hydrogen-bond donors (Lipinski definition) is 2. The predicted octanol–water partition coefficient (Wildman–Crippen LogP) is 0.345. The summed E-state index contributed by atoms with van der Waals surface area (Å²) in [6.07, 6.45) is 3.37. The van der Waals surface area contributed by atoms with Gasteiger partial charge < -0.3 is 15.7 Å². The van der Waals surface area contributed by atoms with Gasteiger partial charge in [0, 0.05) is 13.0 Å². The van der Waals surface area contributed by atoms with Crippen molar-refractivity contribution >= 4 is 5.91 Å². The third-order valence-corrected chi connectivity index (χ3v) is 3.16. The van der Waals surface area contributed by atoms with Crippen molar-refractivity contribution in [1.29, 1.82) is 0 Å². The van der Waals surface area contributed by atoms with Crippen molar-refractivity contribution in [3.63, 3.8) is 0 Å². The fourth-order valence-electron chi connectivity index (χ4n) is 1.99. The van der Waals surface area contributed by atoms with Gasteiger partial charge >= 0.3 is 0 Å². The summed E-state index contributed by atoms with van der Waals surface area (Å²) in [5.41, 5.74) is 5.50. The summed E-state index contributed by atoms with van der Waals surface area (Å²) in [4.78, 5) is 13.6. The maximum absolute atomic E-state index is 11.8. The van der Waals surface area contributed by atoms with Crippen LogP contribution in [-0.4, -0.2) is 41.7 Å². The SMILES string of the molecule is CC(CN)CCC(=O)N1CCC[C@H]1CO. The van der Waals surface area contributed by atoms with Crippen LogP contribution in [0.2, 0.25) is 0 Å². The highest BCUT2D eigenvalue weighted by Gasteiger charge is 2.27. The molecule has 88 valence electrons. The molecule has 0 spiro atoms. The molecular weight excluding hydrogens is 192 g/mol. The summed E-state index contributed by atoms with van der Waals surface area (Å²) < 4.78 is 0. The third kappa shape index (κ3) is 3.47. The van der Waals surface area contributed by atoms with Gasteiger partial charge in [-0.25, -0.2) is 0 Å². The van der Waals surface area contributed by atoms with Crippen molar-refractivity contribution in [3.8, 4) is 0 Å². The second kappa shape index (κ2) is 6.08. The number of likely N-dealkylation sites (tertiary alicyclic amines) is 1. The predicted molar refractivity (Wildman–Crippen MR) is 59.3 cm³/mol. The van der Waals surface area contributed by atoms with Gasteiger partial charge in [0.1, 0.15) is 0 Å². The van der Waals surface area contributed by atoms with Crippen LogP contribution >= 0.6 is 0 Å². The van der Waals surface area contributed by atoms with E-state index in [1.54, 1.807) is 0 Å². The van der Waals surface area contributed by atoms with Crippen LogP contribution in [0.4, 0.5) is 0 Å². The second-order valence-electron chi connectivity index (χ2n) is 4.45. The van der Waals surface area contributed by atoms with Crippen molar-refractivity contribution in [2.45, 2.75) is 38.6 Å². The first kappa shape index (κ1) is 12.5. The minimum Gasteiger partial charge on any atom is -0.394 e. The summed E-state index contributed by atoms with van der Waals surface area (Å²) >= 11 is 0. The van der Waals surface area contributed by atoms with Gasteiger partial charge in [0.25, 0.3) is 0 Å². The monoisotopic (exact) mass is 214 g/mol. The molecular formula is C11H22N2O2. The molecule has 0 bridgehead atoms. The molecule has 4 nitrogen and oxygen atoms in total. The molecule has 0 aromatic carbocycles. The van der Waals surface area contributed by atoms with Crippen molar-refractivity contribution in [1.82, 2.24) is 4.90 Å². The van der Waals surface area contributed by atoms with Crippen LogP contribution in [0.3, 0.4) is 0 Å². The summed E-state index contributed by atoms with van der Waals surface area (Å²) in [5, 5.41) is 9.10. The molecule has 0 aromatic heterocycles. The van der Waals surface area contributed by atoms with Crippen LogP contribution < -0.4 is 5.73 Å². The Kier molecular flexibility index (Phi) is 5.05. The number of nitrogens with zero attached hydrogens (tertiary/aromatic N) is 1. The molecule has 1 fully saturated rings. The number of aliphatic hydroxyl groups is 1. The minimum absolute atomic E-state index is 0.0608. The minimum atomic E-state index is 0.0608. The van der Waals surface area contributed by atoms with Gasteiger partial charge in [-0.15, -0.1) is 0 Å². The average Bonchev–Trinajstić information content (AvgIpc) is 2.73. The quantitative estimate of drug-likeness (QED) is 0.693. The van der Waals surface area contributed by atoms with Crippen molar-refractivity contribution in [2.24, 2.45) is 11.7 Å². The number of amides is 1. The van der Waals surface area contributed by atoms with E-state index < -0.39 is 0 Å². The number of rotatable bonds is 5. The fourth-order valence-corrected chi connectivity index (χ4v) is 1.99. The first-order valence-corrected chi connectivity index (χ1v) is 5.79. The van der Waals surface area contributed by atoms with Crippen molar-refractivity contribution in [3.05, 3.63) is 0 Å². The molecule has 2 atom stereocenters. The van der Waals surface area contributed by atoms with Crippen LogP contribution in [-0.2, 0) is 4.79 Å². The van der Waals surface area contributed by atoms with Crippen molar-refractivity contribution in [2.75, 3.05) is 19.7 Å². The molecule has 0 aromatic rings. The van der Waals surface area contributed by atoms with E-state index in [9.17, 15) is 4.79 Å². The highest BCUT2D eigenvalue weighted by Crippen LogP contribution is 2.18. The molecule has 0 radical (unpaired) electrons. The summed E-state index contributed by atoms with van der Waals surface area (Å²) in [6, 6.07) is 0.0608. The van der Waals surface area contributed by atoms with Crippen molar-refractivity contribution < 1.29 is 9.90 Å². The number of nitrogens with two attached hydrogens (primary N) is 1. The summed E-state index contributed by atoms with van der Waals surface area (Å²) in [7, 11) is 0. The molecule has 1 rings (SSSR count). The first-order chi connectivity index (χ1) is 7.19. The molecule has 1 aliphatic heterocycles. The Bertz CT molecular complexity index is 209. The normalized spacial score (nSPS) is 23.1. The van der Waals surface area contributed by atoms with Crippen LogP contribution in [0.15, 0.2) is 0 Å². The third-order valence-electron chi connectivity index (χ3n) is 3.16. The van der Waals surface area contributed by atoms with Crippen LogP contribution in [0.5, 0.6) is 0 Å². The lowest BCUT2D eigenvalue weighted by Gasteiger charge is -2.23. The summed E-state index contributed by atoms with van der Waals surface area (Å²) in [5.74, 6) is 0.580. The topological polar surface area (TPSA) is 66.6 Å². The molecule has 15 heavy (non-hydrogen) atoms. The fraction of sp³-hybridized carbons (Fsp3) is 0.909. The zero-order valence-corrected chi connectivity index (χ0v) is 9.48. The number of carbonyl (C=O) groups excluding carboxylic acids is 1. The lowest BCUT2D eigenvalue weighted by atomic mass is 10.1. The molecule has 0 saturated carbocycles. The molecule has 1 saturated heterocycles. The Morgan fingerprint density at radius 1 is 1.67 bits per heavy atom. The van der Waals surface area contributed by atoms with Gasteiger partial charge in [0.15, 0.2) is 0 Å². The highest BCUT2D eigenvalue weighted by atomic mass is 16.3. The maximum atomic E-state index is 11.8. The van der Waals surface area contributed by atoms with Gasteiger partial charge in [-0.1, -0.05) is 6.92 Å². The maximum Gasteiger partial charge on any atom is 0.222 e. The van der Waals surface area contributed by atoms with Crippen LogP contribution in [0, 0.1) is 5.92 Å². The number of hydrogen-bond acceptors (Lipinski definition) is 3. The standard InChI is InChI=1S/C11H22N2O2/c1-9(7-12)4-5-11(15)13-6-2-3-10(13)8-14/h9-10,14H,2-8,12H2,1H3/t9?,10-/m0/s1. The molecule has 4 heteroatoms. The molecule has 1 unspecified atom stereocenters. The number of aliphatic hydroxyl groups excluding tert-OH is 1. The van der Waals surface area contributed by atoms with E-state index in [0.717, 1.165) is 25.8 Å². The zero-order valence-electron chi connectivity index (χ0n) is 9.48. The Labute approximate surface area is 91.4 Å². The Morgan fingerprint density at radius 3 is 3.00 bits per heavy atom. The van der Waals surface area contributed by atoms with E-state index in [1.165, 1.54) is 0 Å². The molecule has 1 heterocycles. The van der Waals surface area contributed by atoms with Crippen LogP contribution in [0.25, 0.3) is 0 Å². The molecule has 3 N–H and O–H groups in total. The van der Waals surface area contributed by atoms with Gasteiger partial charge in [-0.05, 0) is 31.7 Å². The lowest BCUT2D eigenvalue weighted by molar-refractivity contribution is -0.133. The van der Waals surface area contributed by atoms with Crippen LogP contribution in [0.1, 0.15) is 32.6 Å². The molecule has 1 aliphatic rings. The van der Waals surface area contributed by atoms with Gasteiger partial charge in [-0.2, -0.15) is 0 Å². The Morgan fingerprint density at radius 2 is 2.40 bits per heavy atom. The lowest BCUT2D eigenvalue weighted by Crippen LogP contribution is -2.37. The van der Waals surface area contributed by atoms with E-state index >= 15 is 0 Å². The van der Waals surface area contributed by atoms with E-state index in [1.807, 2.05) is 4.90 Å². The van der Waals surface area contributed by atoms with Gasteiger partial charge in [0.2, 0.25) is 5.91 Å². The van der Waals surface area contributed by atoms with Gasteiger partial charge in [-0.3, -0.25) is 4.79 Å².